The molecule has 0 bridgehead atoms. The Morgan fingerprint density at radius 2 is 1.15 bits per heavy atom. The van der Waals surface area contributed by atoms with E-state index in [0.717, 1.165) is 5.75 Å². The molecule has 26 heavy (non-hydrogen) atoms. The Kier molecular flexibility index (Phi) is 4.49. The van der Waals surface area contributed by atoms with Crippen molar-refractivity contribution in [2.75, 3.05) is 7.11 Å². The number of imide groups is 2. The van der Waals surface area contributed by atoms with Gasteiger partial charge in [0, 0.05) is 0 Å². The summed E-state index contributed by atoms with van der Waals surface area (Å²) in [6.45, 7) is 1.28. The normalized spacial score (nSPS) is 15.7. The first-order valence-corrected chi connectivity index (χ1v) is 7.68. The van der Waals surface area contributed by atoms with Crippen LogP contribution in [0.25, 0.3) is 0 Å². The van der Waals surface area contributed by atoms with Crippen molar-refractivity contribution >= 4 is 17.8 Å². The van der Waals surface area contributed by atoms with E-state index in [9.17, 15) is 14.4 Å². The molecule has 0 saturated carbocycles. The van der Waals surface area contributed by atoms with Gasteiger partial charge in [-0.2, -0.15) is 0 Å². The predicted molar refractivity (Wildman–Crippen MR) is 90.2 cm³/mol. The summed E-state index contributed by atoms with van der Waals surface area (Å²) in [6, 6.07) is 12.6. The molecule has 1 fully saturated rings. The number of amides is 4. The van der Waals surface area contributed by atoms with Gasteiger partial charge in [-0.25, -0.2) is 4.79 Å². The van der Waals surface area contributed by atoms with Crippen LogP contribution >= 0.6 is 0 Å². The second-order valence-electron chi connectivity index (χ2n) is 5.62. The maximum atomic E-state index is 11.9. The summed E-state index contributed by atoms with van der Waals surface area (Å²) in [5, 5.41) is 4.01. The van der Waals surface area contributed by atoms with Crippen molar-refractivity contribution < 1.29 is 28.6 Å². The van der Waals surface area contributed by atoms with Crippen molar-refractivity contribution in [3.05, 3.63) is 48.5 Å². The SMILES string of the molecule is COc1ccc(Oc2ccc(OC3(C)C(=O)NC(=O)NC3=O)cc2)cc1. The maximum Gasteiger partial charge on any atom is 0.328 e. The van der Waals surface area contributed by atoms with Crippen LogP contribution in [0.2, 0.25) is 0 Å². The lowest BCUT2D eigenvalue weighted by Crippen LogP contribution is -2.67. The van der Waals surface area contributed by atoms with E-state index in [0.29, 0.717) is 11.5 Å². The highest BCUT2D eigenvalue weighted by Crippen LogP contribution is 2.27. The molecule has 0 unspecified atom stereocenters. The van der Waals surface area contributed by atoms with E-state index in [1.165, 1.54) is 6.92 Å². The Labute approximate surface area is 149 Å². The number of ether oxygens (including phenoxy) is 3. The monoisotopic (exact) mass is 356 g/mol. The van der Waals surface area contributed by atoms with Gasteiger partial charge in [0.15, 0.2) is 0 Å². The summed E-state index contributed by atoms with van der Waals surface area (Å²) >= 11 is 0. The average molecular weight is 356 g/mol. The zero-order chi connectivity index (χ0) is 18.7. The number of methoxy groups -OCH3 is 1. The van der Waals surface area contributed by atoms with E-state index in [1.54, 1.807) is 55.6 Å². The fourth-order valence-corrected chi connectivity index (χ4v) is 2.26. The van der Waals surface area contributed by atoms with E-state index in [-0.39, 0.29) is 5.75 Å². The number of barbiturate groups is 1. The van der Waals surface area contributed by atoms with Crippen molar-refractivity contribution in [2.45, 2.75) is 12.5 Å². The van der Waals surface area contributed by atoms with Gasteiger partial charge in [-0.05, 0) is 55.5 Å². The van der Waals surface area contributed by atoms with Gasteiger partial charge in [-0.3, -0.25) is 20.2 Å². The van der Waals surface area contributed by atoms with Crippen LogP contribution in [0.1, 0.15) is 6.92 Å². The molecule has 4 amide bonds. The van der Waals surface area contributed by atoms with Gasteiger partial charge in [-0.15, -0.1) is 0 Å². The Bertz CT molecular complexity index is 825. The molecule has 2 aromatic carbocycles. The number of nitrogens with one attached hydrogen (secondary N) is 2. The first-order chi connectivity index (χ1) is 12.4. The zero-order valence-electron chi connectivity index (χ0n) is 14.1. The highest BCUT2D eigenvalue weighted by molar-refractivity contribution is 6.21. The Morgan fingerprint density at radius 1 is 0.731 bits per heavy atom. The third-order valence-corrected chi connectivity index (χ3v) is 3.76. The topological polar surface area (TPSA) is 103 Å². The van der Waals surface area contributed by atoms with Crippen LogP contribution < -0.4 is 24.8 Å². The largest absolute Gasteiger partial charge is 0.497 e. The minimum atomic E-state index is -1.84. The van der Waals surface area contributed by atoms with E-state index in [2.05, 4.69) is 0 Å². The van der Waals surface area contributed by atoms with Crippen LogP contribution in [0, 0.1) is 0 Å². The summed E-state index contributed by atoms with van der Waals surface area (Å²) in [7, 11) is 1.58. The second kappa shape index (κ2) is 6.75. The van der Waals surface area contributed by atoms with Crippen molar-refractivity contribution in [3.63, 3.8) is 0 Å². The highest BCUT2D eigenvalue weighted by atomic mass is 16.5. The number of hydrogen-bond acceptors (Lipinski definition) is 6. The van der Waals surface area contributed by atoms with Crippen LogP contribution in [-0.4, -0.2) is 30.6 Å². The molecule has 1 heterocycles. The third-order valence-electron chi connectivity index (χ3n) is 3.76. The van der Waals surface area contributed by atoms with Gasteiger partial charge in [0.05, 0.1) is 7.11 Å². The molecule has 1 aliphatic rings. The molecule has 0 aliphatic carbocycles. The fourth-order valence-electron chi connectivity index (χ4n) is 2.26. The van der Waals surface area contributed by atoms with E-state index < -0.39 is 23.4 Å². The highest BCUT2D eigenvalue weighted by Gasteiger charge is 2.48. The van der Waals surface area contributed by atoms with Crippen LogP contribution in [0.5, 0.6) is 23.0 Å². The molecule has 1 saturated heterocycles. The summed E-state index contributed by atoms with van der Waals surface area (Å²) in [5.41, 5.74) is -1.84. The predicted octanol–water partition coefficient (Wildman–Crippen LogP) is 1.99. The lowest BCUT2D eigenvalue weighted by molar-refractivity contribution is -0.149. The molecule has 1 aliphatic heterocycles. The Hall–Kier alpha value is -3.55. The van der Waals surface area contributed by atoms with Crippen LogP contribution in [0.15, 0.2) is 48.5 Å². The van der Waals surface area contributed by atoms with Gasteiger partial charge in [-0.1, -0.05) is 0 Å². The molecule has 0 aromatic heterocycles. The minimum absolute atomic E-state index is 0.272. The van der Waals surface area contributed by atoms with Crippen molar-refractivity contribution in [3.8, 4) is 23.0 Å². The van der Waals surface area contributed by atoms with Crippen molar-refractivity contribution in [2.24, 2.45) is 0 Å². The summed E-state index contributed by atoms with van der Waals surface area (Å²) in [6.07, 6.45) is 0. The quantitative estimate of drug-likeness (QED) is 0.794. The molecular formula is C18H16N2O6. The number of rotatable bonds is 5. The number of benzene rings is 2. The molecule has 8 nitrogen and oxygen atoms in total. The Morgan fingerprint density at radius 3 is 1.62 bits per heavy atom. The lowest BCUT2D eigenvalue weighted by atomic mass is 10.0. The summed E-state index contributed by atoms with van der Waals surface area (Å²) in [5.74, 6) is 0.497. The van der Waals surface area contributed by atoms with E-state index in [4.69, 9.17) is 14.2 Å². The molecular weight excluding hydrogens is 340 g/mol. The molecule has 2 aromatic rings. The molecule has 134 valence electrons. The van der Waals surface area contributed by atoms with Crippen LogP contribution in [-0.2, 0) is 9.59 Å². The molecule has 2 N–H and O–H groups in total. The smallest absolute Gasteiger partial charge is 0.328 e. The first kappa shape index (κ1) is 17.3. The van der Waals surface area contributed by atoms with Gasteiger partial charge >= 0.3 is 6.03 Å². The molecule has 8 heteroatoms. The Balaban J connectivity index is 1.70. The molecule has 0 spiro atoms. The van der Waals surface area contributed by atoms with E-state index in [1.807, 2.05) is 10.6 Å². The van der Waals surface area contributed by atoms with Crippen LogP contribution in [0.3, 0.4) is 0 Å². The zero-order valence-corrected chi connectivity index (χ0v) is 14.1. The maximum absolute atomic E-state index is 11.9. The lowest BCUT2D eigenvalue weighted by Gasteiger charge is -2.30. The van der Waals surface area contributed by atoms with Crippen molar-refractivity contribution in [1.29, 1.82) is 0 Å². The third kappa shape index (κ3) is 3.44. The van der Waals surface area contributed by atoms with Gasteiger partial charge in [0.1, 0.15) is 23.0 Å². The minimum Gasteiger partial charge on any atom is -0.497 e. The molecule has 0 atom stereocenters. The number of hydrogen-bond donors (Lipinski definition) is 2. The molecule has 0 radical (unpaired) electrons. The van der Waals surface area contributed by atoms with Crippen molar-refractivity contribution in [1.82, 2.24) is 10.6 Å². The number of carbonyl (C=O) groups excluding carboxylic acids is 3. The molecule has 3 rings (SSSR count). The van der Waals surface area contributed by atoms with E-state index >= 15 is 0 Å². The average Bonchev–Trinajstić information content (AvgIpc) is 2.62. The fraction of sp³-hybridized carbons (Fsp3) is 0.167. The number of carbonyl (C=O) groups is 3. The van der Waals surface area contributed by atoms with Gasteiger partial charge in [0.25, 0.3) is 17.4 Å². The van der Waals surface area contributed by atoms with Gasteiger partial charge < -0.3 is 14.2 Å². The second-order valence-corrected chi connectivity index (χ2v) is 5.62. The number of urea groups is 1. The summed E-state index contributed by atoms with van der Waals surface area (Å²) in [4.78, 5) is 35.0. The standard InChI is InChI=1S/C18H16N2O6/c1-18(15(21)19-17(23)20-16(18)22)26-14-9-7-13(8-10-14)25-12-5-3-11(24-2)4-6-12/h3-10H,1-2H3,(H2,19,20,21,22,23). The summed E-state index contributed by atoms with van der Waals surface area (Å²) < 4.78 is 16.3. The van der Waals surface area contributed by atoms with Gasteiger partial charge in [0.2, 0.25) is 0 Å². The first-order valence-electron chi connectivity index (χ1n) is 7.68. The van der Waals surface area contributed by atoms with Crippen LogP contribution in [0.4, 0.5) is 4.79 Å².